The number of para-hydroxylation sites is 1. The van der Waals surface area contributed by atoms with Gasteiger partial charge in [0, 0.05) is 21.8 Å². The minimum atomic E-state index is -1.41. The quantitative estimate of drug-likeness (QED) is 0.519. The Morgan fingerprint density at radius 2 is 1.84 bits per heavy atom. The van der Waals surface area contributed by atoms with Crippen LogP contribution in [-0.4, -0.2) is 21.3 Å². The SMILES string of the molecule is Cc1cc(S(=O)Nc2ccccc2)ccc1NC(=O)c1ccc2c(c1)NC(=O)[C@@H](C)S2. The Kier molecular flexibility index (Phi) is 6.11. The number of carbonyl (C=O) groups is 2. The lowest BCUT2D eigenvalue weighted by molar-refractivity contribution is -0.115. The van der Waals surface area contributed by atoms with E-state index in [9.17, 15) is 13.8 Å². The van der Waals surface area contributed by atoms with Gasteiger partial charge in [-0.2, -0.15) is 0 Å². The minimum Gasteiger partial charge on any atom is -0.324 e. The number of anilines is 3. The molecule has 158 valence electrons. The summed E-state index contributed by atoms with van der Waals surface area (Å²) in [6, 6.07) is 19.8. The first kappa shape index (κ1) is 21.1. The highest BCUT2D eigenvalue weighted by Gasteiger charge is 2.24. The van der Waals surface area contributed by atoms with Crippen LogP contribution in [0.3, 0.4) is 0 Å². The van der Waals surface area contributed by atoms with Crippen LogP contribution < -0.4 is 15.4 Å². The van der Waals surface area contributed by atoms with Gasteiger partial charge in [0.05, 0.1) is 15.8 Å². The first-order chi connectivity index (χ1) is 14.9. The van der Waals surface area contributed by atoms with Crippen LogP contribution in [0, 0.1) is 6.92 Å². The molecule has 0 bridgehead atoms. The zero-order valence-corrected chi connectivity index (χ0v) is 18.6. The van der Waals surface area contributed by atoms with Crippen molar-refractivity contribution in [3.05, 3.63) is 77.9 Å². The first-order valence-corrected chi connectivity index (χ1v) is 11.7. The standard InChI is InChI=1S/C23H21N3O3S2/c1-14-12-18(31(29)26-17-6-4-3-5-7-17)9-10-19(14)24-23(28)16-8-11-21-20(13-16)25-22(27)15(2)30-21/h3-13,15,26H,1-2H3,(H,24,28)(H,25,27)/t15-,31?/m1/s1. The van der Waals surface area contributed by atoms with Crippen molar-refractivity contribution in [2.24, 2.45) is 0 Å². The number of aryl methyl sites for hydroxylation is 1. The summed E-state index contributed by atoms with van der Waals surface area (Å²) in [4.78, 5) is 26.2. The van der Waals surface area contributed by atoms with E-state index in [-0.39, 0.29) is 17.1 Å². The van der Waals surface area contributed by atoms with E-state index < -0.39 is 11.0 Å². The van der Waals surface area contributed by atoms with Gasteiger partial charge in [-0.1, -0.05) is 18.2 Å². The van der Waals surface area contributed by atoms with E-state index >= 15 is 0 Å². The third-order valence-corrected chi connectivity index (χ3v) is 7.10. The van der Waals surface area contributed by atoms with E-state index in [2.05, 4.69) is 15.4 Å². The van der Waals surface area contributed by atoms with Crippen molar-refractivity contribution in [3.63, 3.8) is 0 Å². The van der Waals surface area contributed by atoms with Crippen molar-refractivity contribution in [3.8, 4) is 0 Å². The van der Waals surface area contributed by atoms with Crippen molar-refractivity contribution >= 4 is 51.6 Å². The molecule has 8 heteroatoms. The zero-order chi connectivity index (χ0) is 22.0. The molecule has 0 spiro atoms. The van der Waals surface area contributed by atoms with E-state index in [0.29, 0.717) is 21.8 Å². The van der Waals surface area contributed by atoms with Gasteiger partial charge in [0.15, 0.2) is 0 Å². The normalized spacial score (nSPS) is 16.1. The Labute approximate surface area is 187 Å². The molecule has 3 N–H and O–H groups in total. The fraction of sp³-hybridized carbons (Fsp3) is 0.130. The molecule has 0 fully saturated rings. The van der Waals surface area contributed by atoms with E-state index in [0.717, 1.165) is 16.1 Å². The highest BCUT2D eigenvalue weighted by Crippen LogP contribution is 2.36. The Morgan fingerprint density at radius 1 is 1.06 bits per heavy atom. The lowest BCUT2D eigenvalue weighted by Crippen LogP contribution is -2.26. The number of fused-ring (bicyclic) bond motifs is 1. The van der Waals surface area contributed by atoms with Gasteiger partial charge in [-0.15, -0.1) is 11.8 Å². The number of nitrogens with one attached hydrogen (secondary N) is 3. The fourth-order valence-electron chi connectivity index (χ4n) is 3.11. The van der Waals surface area contributed by atoms with Crippen molar-refractivity contribution in [2.45, 2.75) is 28.9 Å². The number of thioether (sulfide) groups is 1. The van der Waals surface area contributed by atoms with Gasteiger partial charge in [-0.25, -0.2) is 4.21 Å². The number of amides is 2. The number of hydrogen-bond acceptors (Lipinski definition) is 4. The molecule has 1 aliphatic heterocycles. The smallest absolute Gasteiger partial charge is 0.255 e. The van der Waals surface area contributed by atoms with Gasteiger partial charge < -0.3 is 15.4 Å². The molecular weight excluding hydrogens is 430 g/mol. The fourth-order valence-corrected chi connectivity index (χ4v) is 4.98. The molecule has 0 radical (unpaired) electrons. The molecule has 0 aliphatic carbocycles. The molecule has 0 aromatic heterocycles. The molecule has 0 saturated carbocycles. The maximum Gasteiger partial charge on any atom is 0.255 e. The predicted molar refractivity (Wildman–Crippen MR) is 126 cm³/mol. The molecule has 3 aromatic carbocycles. The van der Waals surface area contributed by atoms with E-state index in [4.69, 9.17) is 0 Å². The molecule has 31 heavy (non-hydrogen) atoms. The summed E-state index contributed by atoms with van der Waals surface area (Å²) in [5, 5.41) is 5.57. The summed E-state index contributed by atoms with van der Waals surface area (Å²) < 4.78 is 15.5. The largest absolute Gasteiger partial charge is 0.324 e. The molecule has 1 heterocycles. The summed E-state index contributed by atoms with van der Waals surface area (Å²) in [7, 11) is -1.41. The van der Waals surface area contributed by atoms with Gasteiger partial charge in [0.2, 0.25) is 5.91 Å². The lowest BCUT2D eigenvalue weighted by Gasteiger charge is -2.21. The number of carbonyl (C=O) groups excluding carboxylic acids is 2. The number of benzene rings is 3. The summed E-state index contributed by atoms with van der Waals surface area (Å²) in [5.74, 6) is -0.348. The molecule has 2 atom stereocenters. The van der Waals surface area contributed by atoms with E-state index in [1.165, 1.54) is 11.8 Å². The van der Waals surface area contributed by atoms with Gasteiger partial charge >= 0.3 is 0 Å². The average Bonchev–Trinajstić information content (AvgIpc) is 2.76. The second-order valence-electron chi connectivity index (χ2n) is 7.13. The zero-order valence-electron chi connectivity index (χ0n) is 17.0. The van der Waals surface area contributed by atoms with Crippen LogP contribution in [0.4, 0.5) is 17.1 Å². The average molecular weight is 452 g/mol. The highest BCUT2D eigenvalue weighted by molar-refractivity contribution is 8.01. The van der Waals surface area contributed by atoms with Crippen molar-refractivity contribution in [2.75, 3.05) is 15.4 Å². The summed E-state index contributed by atoms with van der Waals surface area (Å²) in [6.07, 6.45) is 0. The first-order valence-electron chi connectivity index (χ1n) is 9.68. The van der Waals surface area contributed by atoms with Crippen molar-refractivity contribution in [1.82, 2.24) is 0 Å². The molecule has 1 aliphatic rings. The number of rotatable bonds is 5. The van der Waals surface area contributed by atoms with E-state index in [1.807, 2.05) is 50.2 Å². The van der Waals surface area contributed by atoms with Crippen LogP contribution in [0.1, 0.15) is 22.8 Å². The van der Waals surface area contributed by atoms with Crippen LogP contribution in [0.15, 0.2) is 76.5 Å². The lowest BCUT2D eigenvalue weighted by atomic mass is 10.1. The van der Waals surface area contributed by atoms with Crippen molar-refractivity contribution in [1.29, 1.82) is 0 Å². The van der Waals surface area contributed by atoms with Gasteiger partial charge in [-0.05, 0) is 67.9 Å². The van der Waals surface area contributed by atoms with Gasteiger partial charge in [0.25, 0.3) is 5.91 Å². The summed E-state index contributed by atoms with van der Waals surface area (Å²) >= 11 is 1.47. The Morgan fingerprint density at radius 3 is 2.58 bits per heavy atom. The Bertz CT molecular complexity index is 1180. The third kappa shape index (κ3) is 4.81. The Hall–Kier alpha value is -3.10. The molecule has 6 nitrogen and oxygen atoms in total. The topological polar surface area (TPSA) is 87.3 Å². The highest BCUT2D eigenvalue weighted by atomic mass is 32.2. The van der Waals surface area contributed by atoms with Crippen LogP contribution in [-0.2, 0) is 15.8 Å². The van der Waals surface area contributed by atoms with Gasteiger partial charge in [0.1, 0.15) is 11.0 Å². The molecule has 1 unspecified atom stereocenters. The third-order valence-electron chi connectivity index (χ3n) is 4.82. The number of hydrogen-bond donors (Lipinski definition) is 3. The second-order valence-corrected chi connectivity index (χ2v) is 9.72. The second kappa shape index (κ2) is 8.95. The molecular formula is C23H21N3O3S2. The predicted octanol–water partition coefficient (Wildman–Crippen LogP) is 4.81. The van der Waals surface area contributed by atoms with Crippen LogP contribution >= 0.6 is 11.8 Å². The summed E-state index contributed by atoms with van der Waals surface area (Å²) in [6.45, 7) is 3.70. The van der Waals surface area contributed by atoms with Crippen molar-refractivity contribution < 1.29 is 13.8 Å². The van der Waals surface area contributed by atoms with Crippen LogP contribution in [0.2, 0.25) is 0 Å². The molecule has 0 saturated heterocycles. The van der Waals surface area contributed by atoms with Crippen LogP contribution in [0.5, 0.6) is 0 Å². The van der Waals surface area contributed by atoms with Gasteiger partial charge in [-0.3, -0.25) is 9.59 Å². The molecule has 2 amide bonds. The Balaban J connectivity index is 1.47. The maximum absolute atomic E-state index is 12.8. The molecule has 4 rings (SSSR count). The monoisotopic (exact) mass is 451 g/mol. The maximum atomic E-state index is 12.8. The molecule has 3 aromatic rings. The van der Waals surface area contributed by atoms with Crippen LogP contribution in [0.25, 0.3) is 0 Å². The minimum absolute atomic E-state index is 0.0707. The summed E-state index contributed by atoms with van der Waals surface area (Å²) in [5.41, 5.74) is 3.30. The van der Waals surface area contributed by atoms with E-state index in [1.54, 1.807) is 30.3 Å².